The van der Waals surface area contributed by atoms with Crippen LogP contribution in [0.15, 0.2) is 48.7 Å². The zero-order valence-electron chi connectivity index (χ0n) is 12.6. The molecule has 21 heavy (non-hydrogen) atoms. The van der Waals surface area contributed by atoms with Gasteiger partial charge in [-0.05, 0) is 43.9 Å². The fraction of sp³-hybridized carbons (Fsp3) is 0.389. The number of benzene rings is 1. The van der Waals surface area contributed by atoms with Crippen LogP contribution < -0.4 is 10.2 Å². The SMILES string of the molecule is CC(Nc1ccc(N2CCCCC2)nc1)c1ccccc1. The molecule has 1 N–H and O–H groups in total. The second kappa shape index (κ2) is 6.61. The summed E-state index contributed by atoms with van der Waals surface area (Å²) in [6.45, 7) is 4.45. The summed E-state index contributed by atoms with van der Waals surface area (Å²) in [6.07, 6.45) is 5.87. The molecule has 2 heterocycles. The van der Waals surface area contributed by atoms with Crippen molar-refractivity contribution in [1.29, 1.82) is 0 Å². The summed E-state index contributed by atoms with van der Waals surface area (Å²) in [6, 6.07) is 15.0. The first kappa shape index (κ1) is 13.9. The zero-order chi connectivity index (χ0) is 14.5. The van der Waals surface area contributed by atoms with E-state index in [1.807, 2.05) is 12.3 Å². The average molecular weight is 281 g/mol. The van der Waals surface area contributed by atoms with Gasteiger partial charge >= 0.3 is 0 Å². The molecule has 3 nitrogen and oxygen atoms in total. The first-order chi connectivity index (χ1) is 10.3. The minimum atomic E-state index is 0.286. The van der Waals surface area contributed by atoms with Crippen molar-refractivity contribution in [2.24, 2.45) is 0 Å². The van der Waals surface area contributed by atoms with Gasteiger partial charge in [0.2, 0.25) is 0 Å². The van der Waals surface area contributed by atoms with Crippen LogP contribution >= 0.6 is 0 Å². The van der Waals surface area contributed by atoms with E-state index in [9.17, 15) is 0 Å². The topological polar surface area (TPSA) is 28.2 Å². The van der Waals surface area contributed by atoms with E-state index in [1.54, 1.807) is 0 Å². The highest BCUT2D eigenvalue weighted by Gasteiger charge is 2.12. The lowest BCUT2D eigenvalue weighted by molar-refractivity contribution is 0.573. The Morgan fingerprint density at radius 2 is 1.76 bits per heavy atom. The second-order valence-corrected chi connectivity index (χ2v) is 5.73. The lowest BCUT2D eigenvalue weighted by Gasteiger charge is -2.27. The number of pyridine rings is 1. The molecule has 3 rings (SSSR count). The maximum Gasteiger partial charge on any atom is 0.128 e. The molecule has 1 aliphatic rings. The van der Waals surface area contributed by atoms with E-state index in [4.69, 9.17) is 0 Å². The van der Waals surface area contributed by atoms with Crippen molar-refractivity contribution < 1.29 is 0 Å². The minimum Gasteiger partial charge on any atom is -0.377 e. The van der Waals surface area contributed by atoms with E-state index in [-0.39, 0.29) is 6.04 Å². The number of nitrogens with zero attached hydrogens (tertiary/aromatic N) is 2. The molecule has 1 fully saturated rings. The van der Waals surface area contributed by atoms with Crippen molar-refractivity contribution in [1.82, 2.24) is 4.98 Å². The lowest BCUT2D eigenvalue weighted by atomic mass is 10.1. The molecular weight excluding hydrogens is 258 g/mol. The van der Waals surface area contributed by atoms with E-state index >= 15 is 0 Å². The summed E-state index contributed by atoms with van der Waals surface area (Å²) in [5.74, 6) is 1.10. The largest absolute Gasteiger partial charge is 0.377 e. The van der Waals surface area contributed by atoms with Gasteiger partial charge in [-0.2, -0.15) is 0 Å². The van der Waals surface area contributed by atoms with Crippen LogP contribution in [-0.4, -0.2) is 18.1 Å². The molecule has 0 aliphatic carbocycles. The van der Waals surface area contributed by atoms with Crippen LogP contribution in [0.25, 0.3) is 0 Å². The summed E-state index contributed by atoms with van der Waals surface area (Å²) in [5.41, 5.74) is 2.37. The molecule has 0 bridgehead atoms. The number of hydrogen-bond acceptors (Lipinski definition) is 3. The second-order valence-electron chi connectivity index (χ2n) is 5.73. The van der Waals surface area contributed by atoms with Gasteiger partial charge in [0.1, 0.15) is 5.82 Å². The summed E-state index contributed by atoms with van der Waals surface area (Å²) in [7, 11) is 0. The molecule has 1 aromatic carbocycles. The monoisotopic (exact) mass is 281 g/mol. The standard InChI is InChI=1S/C18H23N3/c1-15(16-8-4-2-5-9-16)20-17-10-11-18(19-14-17)21-12-6-3-7-13-21/h2,4-5,8-11,14-15,20H,3,6-7,12-13H2,1H3. The lowest BCUT2D eigenvalue weighted by Crippen LogP contribution is -2.30. The fourth-order valence-corrected chi connectivity index (χ4v) is 2.86. The molecule has 0 saturated carbocycles. The number of anilines is 2. The van der Waals surface area contributed by atoms with E-state index < -0.39 is 0 Å². The molecule has 1 aliphatic heterocycles. The number of piperidine rings is 1. The van der Waals surface area contributed by atoms with Gasteiger partial charge in [-0.1, -0.05) is 30.3 Å². The molecule has 0 radical (unpaired) electrons. The maximum atomic E-state index is 4.61. The molecule has 3 heteroatoms. The quantitative estimate of drug-likeness (QED) is 0.908. The molecule has 0 spiro atoms. The van der Waals surface area contributed by atoms with Gasteiger partial charge < -0.3 is 10.2 Å². The maximum absolute atomic E-state index is 4.61. The van der Waals surface area contributed by atoms with E-state index in [2.05, 4.69) is 58.5 Å². The van der Waals surface area contributed by atoms with Gasteiger partial charge in [0.15, 0.2) is 0 Å². The molecule has 1 saturated heterocycles. The third-order valence-electron chi connectivity index (χ3n) is 4.11. The highest BCUT2D eigenvalue weighted by Crippen LogP contribution is 2.22. The van der Waals surface area contributed by atoms with Crippen molar-refractivity contribution in [2.75, 3.05) is 23.3 Å². The highest BCUT2D eigenvalue weighted by molar-refractivity contribution is 5.50. The Morgan fingerprint density at radius 1 is 1.00 bits per heavy atom. The van der Waals surface area contributed by atoms with E-state index in [0.29, 0.717) is 0 Å². The summed E-state index contributed by atoms with van der Waals surface area (Å²) >= 11 is 0. The van der Waals surface area contributed by atoms with Crippen LogP contribution in [-0.2, 0) is 0 Å². The molecular formula is C18H23N3. The van der Waals surface area contributed by atoms with Gasteiger partial charge in [0.05, 0.1) is 11.9 Å². The van der Waals surface area contributed by atoms with Crippen LogP contribution in [0.3, 0.4) is 0 Å². The Kier molecular flexibility index (Phi) is 4.39. The predicted octanol–water partition coefficient (Wildman–Crippen LogP) is 4.25. The smallest absolute Gasteiger partial charge is 0.128 e. The Hall–Kier alpha value is -2.03. The van der Waals surface area contributed by atoms with Crippen LogP contribution in [0.5, 0.6) is 0 Å². The van der Waals surface area contributed by atoms with Crippen molar-refractivity contribution >= 4 is 11.5 Å². The summed E-state index contributed by atoms with van der Waals surface area (Å²) in [4.78, 5) is 7.00. The Labute approximate surface area is 127 Å². The molecule has 2 aromatic rings. The van der Waals surface area contributed by atoms with E-state index in [1.165, 1.54) is 24.8 Å². The number of rotatable bonds is 4. The Bertz CT molecular complexity index is 544. The molecule has 1 unspecified atom stereocenters. The zero-order valence-corrected chi connectivity index (χ0v) is 12.6. The number of hydrogen-bond donors (Lipinski definition) is 1. The van der Waals surface area contributed by atoms with Crippen molar-refractivity contribution in [2.45, 2.75) is 32.2 Å². The number of aromatic nitrogens is 1. The van der Waals surface area contributed by atoms with Crippen LogP contribution in [0, 0.1) is 0 Å². The average Bonchev–Trinajstić information content (AvgIpc) is 2.57. The first-order valence-corrected chi connectivity index (χ1v) is 7.85. The van der Waals surface area contributed by atoms with Crippen molar-refractivity contribution in [3.05, 3.63) is 54.2 Å². The normalized spacial score (nSPS) is 16.5. The Morgan fingerprint density at radius 3 is 2.43 bits per heavy atom. The van der Waals surface area contributed by atoms with E-state index in [0.717, 1.165) is 24.6 Å². The molecule has 110 valence electrons. The molecule has 1 aromatic heterocycles. The molecule has 1 atom stereocenters. The third kappa shape index (κ3) is 3.54. The Balaban J connectivity index is 1.64. The van der Waals surface area contributed by atoms with Crippen molar-refractivity contribution in [3.63, 3.8) is 0 Å². The predicted molar refractivity (Wildman–Crippen MR) is 88.8 cm³/mol. The van der Waals surface area contributed by atoms with Gasteiger partial charge in [0, 0.05) is 19.1 Å². The van der Waals surface area contributed by atoms with Gasteiger partial charge in [-0.15, -0.1) is 0 Å². The minimum absolute atomic E-state index is 0.286. The first-order valence-electron chi connectivity index (χ1n) is 7.85. The van der Waals surface area contributed by atoms with Crippen molar-refractivity contribution in [3.8, 4) is 0 Å². The van der Waals surface area contributed by atoms with Crippen LogP contribution in [0.4, 0.5) is 11.5 Å². The van der Waals surface area contributed by atoms with Gasteiger partial charge in [-0.25, -0.2) is 4.98 Å². The van der Waals surface area contributed by atoms with Gasteiger partial charge in [0.25, 0.3) is 0 Å². The summed E-state index contributed by atoms with van der Waals surface area (Å²) < 4.78 is 0. The fourth-order valence-electron chi connectivity index (χ4n) is 2.86. The van der Waals surface area contributed by atoms with Gasteiger partial charge in [-0.3, -0.25) is 0 Å². The number of nitrogens with one attached hydrogen (secondary N) is 1. The third-order valence-corrected chi connectivity index (χ3v) is 4.11. The van der Waals surface area contributed by atoms with Crippen LogP contribution in [0.2, 0.25) is 0 Å². The summed E-state index contributed by atoms with van der Waals surface area (Å²) in [5, 5.41) is 3.51. The highest BCUT2D eigenvalue weighted by atomic mass is 15.2. The molecule has 0 amide bonds. The van der Waals surface area contributed by atoms with Crippen LogP contribution in [0.1, 0.15) is 37.8 Å².